The van der Waals surface area contributed by atoms with Gasteiger partial charge in [-0.3, -0.25) is 0 Å². The summed E-state index contributed by atoms with van der Waals surface area (Å²) in [6.07, 6.45) is 0. The number of sulfonamides is 1. The highest BCUT2D eigenvalue weighted by molar-refractivity contribution is 7.89. The third-order valence-corrected chi connectivity index (χ3v) is 5.11. The van der Waals surface area contributed by atoms with E-state index in [1.807, 2.05) is 0 Å². The maximum Gasteiger partial charge on any atom is 0.243 e. The summed E-state index contributed by atoms with van der Waals surface area (Å²) < 4.78 is 39.5. The van der Waals surface area contributed by atoms with Gasteiger partial charge in [0.1, 0.15) is 5.82 Å². The largest absolute Gasteiger partial charge is 0.243 e. The number of hydrogen-bond donors (Lipinski definition) is 0. The minimum Gasteiger partial charge on any atom is -0.207 e. The molecule has 0 saturated heterocycles. The third kappa shape index (κ3) is 2.84. The van der Waals surface area contributed by atoms with Crippen LogP contribution in [0.5, 0.6) is 0 Å². The summed E-state index contributed by atoms with van der Waals surface area (Å²) in [4.78, 5) is 0.0979. The Labute approximate surface area is 113 Å². The molecular formula is C12H17ClFNO2S. The molecule has 0 radical (unpaired) electrons. The first-order valence-electron chi connectivity index (χ1n) is 5.73. The highest BCUT2D eigenvalue weighted by Crippen LogP contribution is 2.23. The first-order valence-corrected chi connectivity index (χ1v) is 7.71. The normalized spacial score (nSPS) is 12.1. The maximum atomic E-state index is 13.6. The predicted molar refractivity (Wildman–Crippen MR) is 70.8 cm³/mol. The lowest BCUT2D eigenvalue weighted by Crippen LogP contribution is -2.30. The molecule has 1 aromatic rings. The SMILES string of the molecule is CCN(CC)S(=O)(=O)c1cc(C)c(F)c(CCl)c1. The van der Waals surface area contributed by atoms with Crippen molar-refractivity contribution in [2.45, 2.75) is 31.5 Å². The molecule has 0 spiro atoms. The van der Waals surface area contributed by atoms with Crippen molar-refractivity contribution in [3.05, 3.63) is 29.1 Å². The van der Waals surface area contributed by atoms with Crippen LogP contribution in [0.2, 0.25) is 0 Å². The van der Waals surface area contributed by atoms with Crippen molar-refractivity contribution in [2.75, 3.05) is 13.1 Å². The molecule has 102 valence electrons. The van der Waals surface area contributed by atoms with Gasteiger partial charge < -0.3 is 0 Å². The number of hydrogen-bond acceptors (Lipinski definition) is 2. The maximum absolute atomic E-state index is 13.6. The predicted octanol–water partition coefficient (Wildman–Crippen LogP) is 2.90. The molecule has 0 unspecified atom stereocenters. The van der Waals surface area contributed by atoms with E-state index in [1.165, 1.54) is 23.4 Å². The molecule has 0 aliphatic rings. The van der Waals surface area contributed by atoms with Crippen molar-refractivity contribution < 1.29 is 12.8 Å². The van der Waals surface area contributed by atoms with Crippen LogP contribution in [0.15, 0.2) is 17.0 Å². The quantitative estimate of drug-likeness (QED) is 0.783. The van der Waals surface area contributed by atoms with Gasteiger partial charge in [0.2, 0.25) is 10.0 Å². The summed E-state index contributed by atoms with van der Waals surface area (Å²) in [5.41, 5.74) is 0.501. The van der Waals surface area contributed by atoms with Crippen LogP contribution in [0.25, 0.3) is 0 Å². The standard InChI is InChI=1S/C12H17ClFNO2S/c1-4-15(5-2)18(16,17)11-6-9(3)12(14)10(7-11)8-13/h6-7H,4-5,8H2,1-3H3. The van der Waals surface area contributed by atoms with Crippen molar-refractivity contribution in [3.63, 3.8) is 0 Å². The molecule has 3 nitrogen and oxygen atoms in total. The van der Waals surface area contributed by atoms with Crippen LogP contribution in [-0.4, -0.2) is 25.8 Å². The van der Waals surface area contributed by atoms with Crippen molar-refractivity contribution in [2.24, 2.45) is 0 Å². The highest BCUT2D eigenvalue weighted by Gasteiger charge is 2.23. The molecule has 0 N–H and O–H groups in total. The van der Waals surface area contributed by atoms with Gasteiger partial charge in [0.15, 0.2) is 0 Å². The summed E-state index contributed by atoms with van der Waals surface area (Å²) in [5, 5.41) is 0. The van der Waals surface area contributed by atoms with Crippen molar-refractivity contribution >= 4 is 21.6 Å². The molecule has 6 heteroatoms. The van der Waals surface area contributed by atoms with E-state index in [2.05, 4.69) is 0 Å². The van der Waals surface area contributed by atoms with E-state index >= 15 is 0 Å². The second-order valence-corrected chi connectivity index (χ2v) is 6.14. The van der Waals surface area contributed by atoms with Gasteiger partial charge in [0, 0.05) is 18.7 Å². The lowest BCUT2D eigenvalue weighted by atomic mass is 10.1. The lowest BCUT2D eigenvalue weighted by molar-refractivity contribution is 0.445. The molecule has 1 aromatic carbocycles. The number of halogens is 2. The Kier molecular flexibility index (Phi) is 5.13. The van der Waals surface area contributed by atoms with Crippen LogP contribution in [0.1, 0.15) is 25.0 Å². The molecular weight excluding hydrogens is 277 g/mol. The zero-order chi connectivity index (χ0) is 13.9. The number of alkyl halides is 1. The van der Waals surface area contributed by atoms with Crippen molar-refractivity contribution in [1.29, 1.82) is 0 Å². The van der Waals surface area contributed by atoms with Crippen molar-refractivity contribution in [3.8, 4) is 0 Å². The molecule has 0 heterocycles. The molecule has 0 aliphatic carbocycles. The van der Waals surface area contributed by atoms with Gasteiger partial charge in [-0.25, -0.2) is 12.8 Å². The van der Waals surface area contributed by atoms with E-state index in [9.17, 15) is 12.8 Å². The molecule has 0 aliphatic heterocycles. The molecule has 0 bridgehead atoms. The summed E-state index contributed by atoms with van der Waals surface area (Å²) in [7, 11) is -3.57. The first kappa shape index (κ1) is 15.4. The van der Waals surface area contributed by atoms with Gasteiger partial charge in [-0.05, 0) is 24.6 Å². The Hall–Kier alpha value is -0.650. The second-order valence-electron chi connectivity index (χ2n) is 3.94. The van der Waals surface area contributed by atoms with Gasteiger partial charge in [-0.1, -0.05) is 13.8 Å². The van der Waals surface area contributed by atoms with Crippen LogP contribution in [-0.2, 0) is 15.9 Å². The Morgan fingerprint density at radius 1 is 1.28 bits per heavy atom. The fourth-order valence-corrected chi connectivity index (χ4v) is 3.55. The topological polar surface area (TPSA) is 37.4 Å². The summed E-state index contributed by atoms with van der Waals surface area (Å²) >= 11 is 5.63. The van der Waals surface area contributed by atoms with Crippen LogP contribution in [0, 0.1) is 12.7 Å². The van der Waals surface area contributed by atoms with E-state index in [0.29, 0.717) is 18.7 Å². The Morgan fingerprint density at radius 3 is 2.28 bits per heavy atom. The summed E-state index contributed by atoms with van der Waals surface area (Å²) in [6, 6.07) is 2.65. The minimum atomic E-state index is -3.57. The van der Waals surface area contributed by atoms with E-state index in [-0.39, 0.29) is 16.3 Å². The smallest absolute Gasteiger partial charge is 0.207 e. The highest BCUT2D eigenvalue weighted by atomic mass is 35.5. The van der Waals surface area contributed by atoms with Gasteiger partial charge in [0.25, 0.3) is 0 Å². The molecule has 18 heavy (non-hydrogen) atoms. The van der Waals surface area contributed by atoms with Gasteiger partial charge in [-0.15, -0.1) is 11.6 Å². The van der Waals surface area contributed by atoms with E-state index in [1.54, 1.807) is 13.8 Å². The lowest BCUT2D eigenvalue weighted by Gasteiger charge is -2.19. The van der Waals surface area contributed by atoms with E-state index in [0.717, 1.165) is 0 Å². The monoisotopic (exact) mass is 293 g/mol. The van der Waals surface area contributed by atoms with Crippen molar-refractivity contribution in [1.82, 2.24) is 4.31 Å². The zero-order valence-corrected chi connectivity index (χ0v) is 12.3. The zero-order valence-electron chi connectivity index (χ0n) is 10.7. The average Bonchev–Trinajstić information content (AvgIpc) is 2.33. The van der Waals surface area contributed by atoms with Gasteiger partial charge in [0.05, 0.1) is 10.8 Å². The number of rotatable bonds is 5. The Bertz CT molecular complexity index is 527. The van der Waals surface area contributed by atoms with Gasteiger partial charge >= 0.3 is 0 Å². The number of aryl methyl sites for hydroxylation is 1. The molecule has 0 saturated carbocycles. The summed E-state index contributed by atoms with van der Waals surface area (Å²) in [5.74, 6) is -0.489. The Morgan fingerprint density at radius 2 is 1.83 bits per heavy atom. The number of nitrogens with zero attached hydrogens (tertiary/aromatic N) is 1. The fourth-order valence-electron chi connectivity index (χ4n) is 1.77. The number of benzene rings is 1. The fraction of sp³-hybridized carbons (Fsp3) is 0.500. The van der Waals surface area contributed by atoms with Gasteiger partial charge in [-0.2, -0.15) is 4.31 Å². The molecule has 0 atom stereocenters. The Balaban J connectivity index is 3.38. The third-order valence-electron chi connectivity index (χ3n) is 2.79. The average molecular weight is 294 g/mol. The van der Waals surface area contributed by atoms with E-state index in [4.69, 9.17) is 11.6 Å². The molecule has 0 aromatic heterocycles. The molecule has 0 fully saturated rings. The molecule has 0 amide bonds. The summed E-state index contributed by atoms with van der Waals surface area (Å²) in [6.45, 7) is 5.82. The van der Waals surface area contributed by atoms with Crippen LogP contribution < -0.4 is 0 Å². The minimum absolute atomic E-state index is 0.0473. The second kappa shape index (κ2) is 5.99. The first-order chi connectivity index (χ1) is 8.38. The van der Waals surface area contributed by atoms with Crippen LogP contribution in [0.3, 0.4) is 0 Å². The van der Waals surface area contributed by atoms with Crippen LogP contribution in [0.4, 0.5) is 4.39 Å². The van der Waals surface area contributed by atoms with E-state index < -0.39 is 15.8 Å². The molecule has 1 rings (SSSR count). The van der Waals surface area contributed by atoms with Crippen LogP contribution >= 0.6 is 11.6 Å².